The van der Waals surface area contributed by atoms with Gasteiger partial charge in [0.1, 0.15) is 15.8 Å². The van der Waals surface area contributed by atoms with Gasteiger partial charge in [-0.3, -0.25) is 0 Å². The van der Waals surface area contributed by atoms with Crippen molar-refractivity contribution in [3.8, 4) is 21.8 Å². The lowest BCUT2D eigenvalue weighted by molar-refractivity contribution is -0.192. The van der Waals surface area contributed by atoms with Crippen LogP contribution in [0.1, 0.15) is 55.9 Å². The van der Waals surface area contributed by atoms with Crippen LogP contribution in [0.15, 0.2) is 58.3 Å². The summed E-state index contributed by atoms with van der Waals surface area (Å²) < 4.78 is 61.5. The fourth-order valence-electron chi connectivity index (χ4n) is 3.75. The molecule has 0 saturated carbocycles. The molecule has 0 bridgehead atoms. The van der Waals surface area contributed by atoms with Crippen LogP contribution in [0.5, 0.6) is 0 Å². The molecule has 1 atom stereocenters. The maximum Gasteiger partial charge on any atom is 0.490 e. The molecule has 4 aromatic rings. The van der Waals surface area contributed by atoms with Crippen molar-refractivity contribution in [3.63, 3.8) is 0 Å². The van der Waals surface area contributed by atoms with Crippen molar-refractivity contribution in [2.75, 3.05) is 0 Å². The highest BCUT2D eigenvalue weighted by atomic mass is 32.2. The predicted molar refractivity (Wildman–Crippen MR) is 155 cm³/mol. The number of hydrogen-bond donors (Lipinski definition) is 3. The van der Waals surface area contributed by atoms with Crippen molar-refractivity contribution >= 4 is 44.4 Å². The van der Waals surface area contributed by atoms with Gasteiger partial charge in [0.15, 0.2) is 0 Å². The molecule has 4 rings (SSSR count). The quantitative estimate of drug-likeness (QED) is 0.145. The number of aryl methyl sites for hydroxylation is 1. The molecule has 0 aliphatic heterocycles. The molecular weight excluding hydrogens is 614 g/mol. The number of thiazole rings is 1. The third-order valence-corrected chi connectivity index (χ3v) is 9.63. The van der Waals surface area contributed by atoms with Crippen molar-refractivity contribution in [1.82, 2.24) is 19.7 Å². The van der Waals surface area contributed by atoms with E-state index in [4.69, 9.17) is 9.90 Å². The topological polar surface area (TPSA) is 142 Å². The SMILES string of the molecule is CC(=O)CCCCC[C@H](NS(=O)(=O)c1ccc(-c2csc(C)n2)s1)c1ncc(-c2ccccc2)[nH]1.O=C(O)C(F)(F)F. The van der Waals surface area contributed by atoms with E-state index in [9.17, 15) is 26.4 Å². The van der Waals surface area contributed by atoms with E-state index in [0.717, 1.165) is 46.1 Å². The number of benzene rings is 1. The lowest BCUT2D eigenvalue weighted by Crippen LogP contribution is -2.29. The van der Waals surface area contributed by atoms with Gasteiger partial charge in [-0.15, -0.1) is 22.7 Å². The Morgan fingerprint density at radius 2 is 1.79 bits per heavy atom. The number of halogens is 3. The van der Waals surface area contributed by atoms with E-state index < -0.39 is 28.2 Å². The molecule has 1 aromatic carbocycles. The van der Waals surface area contributed by atoms with Gasteiger partial charge in [-0.05, 0) is 44.4 Å². The molecule has 3 aromatic heterocycles. The largest absolute Gasteiger partial charge is 0.490 e. The summed E-state index contributed by atoms with van der Waals surface area (Å²) in [6, 6.07) is 12.7. The molecule has 226 valence electrons. The number of hydrogen-bond acceptors (Lipinski definition) is 8. The number of carbonyl (C=O) groups excluding carboxylic acids is 1. The van der Waals surface area contributed by atoms with Gasteiger partial charge in [0.2, 0.25) is 0 Å². The van der Waals surface area contributed by atoms with Crippen molar-refractivity contribution < 1.29 is 36.3 Å². The first kappa shape index (κ1) is 33.1. The number of aliphatic carboxylic acids is 1. The second-order valence-electron chi connectivity index (χ2n) is 9.20. The van der Waals surface area contributed by atoms with E-state index in [0.29, 0.717) is 18.7 Å². The van der Waals surface area contributed by atoms with Gasteiger partial charge in [-0.2, -0.15) is 17.9 Å². The zero-order valence-corrected chi connectivity index (χ0v) is 25.1. The van der Waals surface area contributed by atoms with Crippen LogP contribution in [-0.2, 0) is 19.6 Å². The Hall–Kier alpha value is -3.40. The summed E-state index contributed by atoms with van der Waals surface area (Å²) in [5.41, 5.74) is 2.61. The number of nitrogens with zero attached hydrogens (tertiary/aromatic N) is 2. The number of aromatic amines is 1. The van der Waals surface area contributed by atoms with Crippen molar-refractivity contribution in [2.45, 2.75) is 62.4 Å². The number of imidazole rings is 1. The molecule has 3 heterocycles. The van der Waals surface area contributed by atoms with Gasteiger partial charge in [-0.1, -0.05) is 43.2 Å². The fourth-order valence-corrected chi connectivity index (χ4v) is 6.96. The monoisotopic (exact) mass is 642 g/mol. The maximum atomic E-state index is 13.3. The number of rotatable bonds is 12. The number of carboxylic acid groups (broad SMARTS) is 1. The predicted octanol–water partition coefficient (Wildman–Crippen LogP) is 6.76. The van der Waals surface area contributed by atoms with Gasteiger partial charge in [0.25, 0.3) is 10.0 Å². The Bertz CT molecular complexity index is 1580. The summed E-state index contributed by atoms with van der Waals surface area (Å²) in [5, 5.41) is 10.00. The second kappa shape index (κ2) is 14.7. The Balaban J connectivity index is 0.000000616. The molecule has 0 saturated heterocycles. The van der Waals surface area contributed by atoms with E-state index in [2.05, 4.69) is 19.7 Å². The van der Waals surface area contributed by atoms with Crippen LogP contribution in [0.25, 0.3) is 21.8 Å². The number of H-pyrrole nitrogens is 1. The van der Waals surface area contributed by atoms with Gasteiger partial charge in [0, 0.05) is 11.8 Å². The van der Waals surface area contributed by atoms with Crippen molar-refractivity contribution in [1.29, 1.82) is 0 Å². The highest BCUT2D eigenvalue weighted by Crippen LogP contribution is 2.32. The van der Waals surface area contributed by atoms with Crippen LogP contribution in [0.4, 0.5) is 13.2 Å². The molecule has 0 spiro atoms. The highest BCUT2D eigenvalue weighted by Gasteiger charge is 2.38. The first-order chi connectivity index (χ1) is 19.8. The van der Waals surface area contributed by atoms with Gasteiger partial charge in [0.05, 0.1) is 33.5 Å². The number of carbonyl (C=O) groups is 2. The molecular formula is C27H29F3N4O5S3. The molecule has 9 nitrogen and oxygen atoms in total. The Morgan fingerprint density at radius 3 is 2.38 bits per heavy atom. The van der Waals surface area contributed by atoms with Crippen LogP contribution >= 0.6 is 22.7 Å². The van der Waals surface area contributed by atoms with E-state index in [1.807, 2.05) is 42.6 Å². The lowest BCUT2D eigenvalue weighted by Gasteiger charge is -2.16. The fraction of sp³-hybridized carbons (Fsp3) is 0.333. The van der Waals surface area contributed by atoms with Gasteiger partial charge >= 0.3 is 12.1 Å². The molecule has 0 aliphatic rings. The summed E-state index contributed by atoms with van der Waals surface area (Å²) >= 11 is 2.74. The van der Waals surface area contributed by atoms with Gasteiger partial charge in [-0.25, -0.2) is 23.2 Å². The van der Waals surface area contributed by atoms with E-state index in [-0.39, 0.29) is 9.99 Å². The number of nitrogens with one attached hydrogen (secondary N) is 2. The smallest absolute Gasteiger partial charge is 0.475 e. The number of thiophene rings is 1. The average molecular weight is 643 g/mol. The van der Waals surface area contributed by atoms with Crippen molar-refractivity contribution in [3.05, 3.63) is 64.9 Å². The zero-order valence-electron chi connectivity index (χ0n) is 22.6. The van der Waals surface area contributed by atoms with E-state index >= 15 is 0 Å². The van der Waals surface area contributed by atoms with Crippen LogP contribution in [0.2, 0.25) is 0 Å². The standard InChI is InChI=1S/C25H28N4O3S3.C2HF3O2/c1-17(30)9-5-3-8-12-20(25-26-15-21(28-25)19-10-6-4-7-11-19)29-35(31,32)24-14-13-23(34-24)22-16-33-18(2)27-22;3-2(4,5)1(6)7/h4,6-7,10-11,13-16,20,29H,3,5,8-9,12H2,1-2H3,(H,26,28);(H,6,7)/t20-;/m0./s1. The number of aromatic nitrogens is 3. The molecule has 42 heavy (non-hydrogen) atoms. The number of alkyl halides is 3. The summed E-state index contributed by atoms with van der Waals surface area (Å²) in [5.74, 6) is -2.01. The zero-order chi connectivity index (χ0) is 30.9. The van der Waals surface area contributed by atoms with Crippen LogP contribution in [-0.4, -0.2) is 46.4 Å². The second-order valence-corrected chi connectivity index (χ2v) is 13.3. The molecule has 0 aliphatic carbocycles. The maximum absolute atomic E-state index is 13.3. The third-order valence-electron chi connectivity index (χ3n) is 5.79. The Kier molecular flexibility index (Phi) is 11.6. The molecule has 0 fully saturated rings. The number of unbranched alkanes of at least 4 members (excludes halogenated alkanes) is 2. The van der Waals surface area contributed by atoms with E-state index in [1.165, 1.54) is 22.7 Å². The normalized spacial score (nSPS) is 12.4. The number of ketones is 1. The first-order valence-corrected chi connectivity index (χ1v) is 15.9. The molecule has 15 heteroatoms. The van der Waals surface area contributed by atoms with E-state index in [1.54, 1.807) is 25.3 Å². The minimum atomic E-state index is -5.08. The lowest BCUT2D eigenvalue weighted by atomic mass is 10.1. The number of Topliss-reactive ketones (excluding diaryl/α,β-unsaturated/α-hetero) is 1. The molecule has 0 amide bonds. The van der Waals surface area contributed by atoms with Crippen LogP contribution < -0.4 is 4.72 Å². The Morgan fingerprint density at radius 1 is 1.10 bits per heavy atom. The van der Waals surface area contributed by atoms with Crippen LogP contribution in [0.3, 0.4) is 0 Å². The van der Waals surface area contributed by atoms with Crippen molar-refractivity contribution in [2.24, 2.45) is 0 Å². The minimum Gasteiger partial charge on any atom is -0.475 e. The number of carboxylic acids is 1. The third kappa shape index (κ3) is 9.86. The van der Waals surface area contributed by atoms with Gasteiger partial charge < -0.3 is 14.9 Å². The Labute approximate surface area is 248 Å². The summed E-state index contributed by atoms with van der Waals surface area (Å²) in [6.07, 6.45) is 0.177. The molecule has 3 N–H and O–H groups in total. The first-order valence-electron chi connectivity index (χ1n) is 12.7. The van der Waals surface area contributed by atoms with Crippen LogP contribution in [0, 0.1) is 6.92 Å². The average Bonchev–Trinajstić information content (AvgIpc) is 3.69. The summed E-state index contributed by atoms with van der Waals surface area (Å²) in [6.45, 7) is 3.52. The minimum absolute atomic E-state index is 0.171. The molecule has 0 unspecified atom stereocenters. The summed E-state index contributed by atoms with van der Waals surface area (Å²) in [4.78, 5) is 33.2. The molecule has 0 radical (unpaired) electrons. The summed E-state index contributed by atoms with van der Waals surface area (Å²) in [7, 11) is -3.77. The highest BCUT2D eigenvalue weighted by molar-refractivity contribution is 7.91. The number of sulfonamides is 1.